The fraction of sp³-hybridized carbons (Fsp3) is 0.250. The van der Waals surface area contributed by atoms with Crippen LogP contribution < -0.4 is 0 Å². The molecule has 7 heteroatoms. The molecule has 0 N–H and O–H groups in total. The third-order valence-electron chi connectivity index (χ3n) is 4.92. The van der Waals surface area contributed by atoms with Crippen molar-refractivity contribution in [2.75, 3.05) is 6.54 Å². The Bertz CT molecular complexity index is 985. The highest BCUT2D eigenvalue weighted by molar-refractivity contribution is 8.14. The average Bonchev–Trinajstić information content (AvgIpc) is 3.37. The highest BCUT2D eigenvalue weighted by atomic mass is 35.5. The number of thioether (sulfide) groups is 1. The second-order valence-electron chi connectivity index (χ2n) is 6.77. The lowest BCUT2D eigenvalue weighted by Crippen LogP contribution is -2.30. The predicted molar refractivity (Wildman–Crippen MR) is 109 cm³/mol. The lowest BCUT2D eigenvalue weighted by Gasteiger charge is -2.28. The molecule has 0 aliphatic carbocycles. The number of fused-ring (bicyclic) bond motifs is 1. The van der Waals surface area contributed by atoms with Gasteiger partial charge in [-0.05, 0) is 36.4 Å². The van der Waals surface area contributed by atoms with Crippen LogP contribution in [0, 0.1) is 0 Å². The van der Waals surface area contributed by atoms with Gasteiger partial charge in [-0.1, -0.05) is 36.4 Å². The lowest BCUT2D eigenvalue weighted by atomic mass is 10.0. The van der Waals surface area contributed by atoms with Gasteiger partial charge in [-0.15, -0.1) is 0 Å². The van der Waals surface area contributed by atoms with Gasteiger partial charge >= 0.3 is 0 Å². The van der Waals surface area contributed by atoms with Crippen molar-refractivity contribution in [2.45, 2.75) is 24.3 Å². The second kappa shape index (κ2) is 6.69. The minimum atomic E-state index is -0.0258. The molecule has 5 nitrogen and oxygen atoms in total. The summed E-state index contributed by atoms with van der Waals surface area (Å²) >= 11 is 7.87. The standard InChI is InChI=1S/C20H18ClN5S/c1-13-12-26-19(18(24-20(26)27-13)15-5-2-3-9-22-15)16-6-4-10-25(16)17-8-7-14(21)11-23-17/h2-11,13,18-19H,12H2,1H3. The largest absolute Gasteiger partial charge is 0.339 e. The van der Waals surface area contributed by atoms with E-state index in [0.29, 0.717) is 10.3 Å². The van der Waals surface area contributed by atoms with E-state index in [1.54, 1.807) is 6.20 Å². The van der Waals surface area contributed by atoms with Crippen LogP contribution in [0.4, 0.5) is 0 Å². The van der Waals surface area contributed by atoms with E-state index in [4.69, 9.17) is 16.6 Å². The quantitative estimate of drug-likeness (QED) is 0.654. The average molecular weight is 396 g/mol. The topological polar surface area (TPSA) is 46.3 Å². The summed E-state index contributed by atoms with van der Waals surface area (Å²) in [4.78, 5) is 16.6. The first-order chi connectivity index (χ1) is 13.2. The Kier molecular flexibility index (Phi) is 4.17. The van der Waals surface area contributed by atoms with E-state index in [0.717, 1.165) is 28.9 Å². The van der Waals surface area contributed by atoms with Gasteiger partial charge in [0.1, 0.15) is 11.9 Å². The number of aliphatic imine (C=N–C) groups is 1. The van der Waals surface area contributed by atoms with E-state index < -0.39 is 0 Å². The molecule has 0 aromatic carbocycles. The van der Waals surface area contributed by atoms with Gasteiger partial charge < -0.3 is 9.47 Å². The summed E-state index contributed by atoms with van der Waals surface area (Å²) in [7, 11) is 0. The second-order valence-corrected chi connectivity index (χ2v) is 8.62. The summed E-state index contributed by atoms with van der Waals surface area (Å²) in [6.07, 6.45) is 5.57. The molecule has 5 rings (SSSR count). The van der Waals surface area contributed by atoms with Crippen molar-refractivity contribution in [3.8, 4) is 5.82 Å². The van der Waals surface area contributed by atoms with E-state index in [1.807, 2.05) is 48.4 Å². The number of amidine groups is 1. The monoisotopic (exact) mass is 395 g/mol. The molecule has 0 saturated carbocycles. The van der Waals surface area contributed by atoms with Crippen LogP contribution in [0.5, 0.6) is 0 Å². The molecule has 27 heavy (non-hydrogen) atoms. The zero-order valence-electron chi connectivity index (χ0n) is 14.7. The minimum Gasteiger partial charge on any atom is -0.339 e. The van der Waals surface area contributed by atoms with Gasteiger partial charge in [-0.2, -0.15) is 0 Å². The van der Waals surface area contributed by atoms with Crippen molar-refractivity contribution in [2.24, 2.45) is 4.99 Å². The molecule has 1 fully saturated rings. The Balaban J connectivity index is 1.60. The Labute approximate surface area is 167 Å². The zero-order valence-corrected chi connectivity index (χ0v) is 16.3. The number of nitrogens with zero attached hydrogens (tertiary/aromatic N) is 5. The summed E-state index contributed by atoms with van der Waals surface area (Å²) in [5.74, 6) is 0.854. The third-order valence-corrected chi connectivity index (χ3v) is 6.25. The Hall–Kier alpha value is -2.31. The van der Waals surface area contributed by atoms with Gasteiger partial charge in [0, 0.05) is 36.1 Å². The predicted octanol–water partition coefficient (Wildman–Crippen LogP) is 4.51. The minimum absolute atomic E-state index is 0.0258. The Morgan fingerprint density at radius 3 is 2.81 bits per heavy atom. The molecule has 3 aromatic rings. The molecule has 136 valence electrons. The Morgan fingerprint density at radius 1 is 1.11 bits per heavy atom. The summed E-state index contributed by atoms with van der Waals surface area (Å²) in [6.45, 7) is 3.23. The van der Waals surface area contributed by atoms with Crippen molar-refractivity contribution >= 4 is 28.5 Å². The normalized spacial score (nSPS) is 24.1. The van der Waals surface area contributed by atoms with Crippen LogP contribution in [-0.4, -0.2) is 36.4 Å². The first-order valence-corrected chi connectivity index (χ1v) is 10.2. The summed E-state index contributed by atoms with van der Waals surface area (Å²) in [5.41, 5.74) is 2.16. The maximum atomic E-state index is 6.02. The smallest absolute Gasteiger partial charge is 0.160 e. The van der Waals surface area contributed by atoms with Crippen molar-refractivity contribution in [3.05, 3.63) is 77.5 Å². The fourth-order valence-corrected chi connectivity index (χ4v) is 5.00. The summed E-state index contributed by atoms with van der Waals surface area (Å²) < 4.78 is 2.13. The van der Waals surface area contributed by atoms with Gasteiger partial charge in [0.2, 0.25) is 0 Å². The molecule has 5 heterocycles. The number of hydrogen-bond donors (Lipinski definition) is 0. The van der Waals surface area contributed by atoms with Crippen molar-refractivity contribution in [3.63, 3.8) is 0 Å². The first-order valence-electron chi connectivity index (χ1n) is 8.92. The highest BCUT2D eigenvalue weighted by Crippen LogP contribution is 2.47. The van der Waals surface area contributed by atoms with Crippen molar-refractivity contribution in [1.29, 1.82) is 0 Å². The van der Waals surface area contributed by atoms with Gasteiger partial charge in [-0.25, -0.2) is 4.98 Å². The maximum Gasteiger partial charge on any atom is 0.160 e. The third kappa shape index (κ3) is 2.93. The summed E-state index contributed by atoms with van der Waals surface area (Å²) in [5, 5.41) is 2.28. The van der Waals surface area contributed by atoms with E-state index in [9.17, 15) is 0 Å². The molecular formula is C20H18ClN5S. The summed E-state index contributed by atoms with van der Waals surface area (Å²) in [6, 6.07) is 14.1. The van der Waals surface area contributed by atoms with Crippen molar-refractivity contribution < 1.29 is 0 Å². The van der Waals surface area contributed by atoms with Gasteiger partial charge in [0.15, 0.2) is 5.17 Å². The molecule has 3 aromatic heterocycles. The van der Waals surface area contributed by atoms with E-state index in [-0.39, 0.29) is 12.1 Å². The van der Waals surface area contributed by atoms with Crippen molar-refractivity contribution in [1.82, 2.24) is 19.4 Å². The molecule has 3 unspecified atom stereocenters. The highest BCUT2D eigenvalue weighted by Gasteiger charge is 2.44. The van der Waals surface area contributed by atoms with E-state index >= 15 is 0 Å². The molecule has 0 amide bonds. The van der Waals surface area contributed by atoms with Crippen LogP contribution >= 0.6 is 23.4 Å². The molecule has 3 atom stereocenters. The number of rotatable bonds is 3. The molecule has 0 radical (unpaired) electrons. The maximum absolute atomic E-state index is 6.02. The van der Waals surface area contributed by atoms with Crippen LogP contribution in [0.25, 0.3) is 5.82 Å². The number of aromatic nitrogens is 3. The van der Waals surface area contributed by atoms with Gasteiger partial charge in [0.05, 0.1) is 16.8 Å². The van der Waals surface area contributed by atoms with Crippen LogP contribution in [0.3, 0.4) is 0 Å². The number of pyridine rings is 2. The van der Waals surface area contributed by atoms with E-state index in [2.05, 4.69) is 44.6 Å². The Morgan fingerprint density at radius 2 is 2.04 bits per heavy atom. The molecule has 0 spiro atoms. The molecule has 2 aliphatic rings. The van der Waals surface area contributed by atoms with Gasteiger partial charge in [0.25, 0.3) is 0 Å². The van der Waals surface area contributed by atoms with Gasteiger partial charge in [-0.3, -0.25) is 9.98 Å². The molecular weight excluding hydrogens is 378 g/mol. The molecule has 1 saturated heterocycles. The van der Waals surface area contributed by atoms with Crippen LogP contribution in [-0.2, 0) is 0 Å². The van der Waals surface area contributed by atoms with Crippen LogP contribution in [0.2, 0.25) is 5.02 Å². The fourth-order valence-electron chi connectivity index (χ4n) is 3.79. The van der Waals surface area contributed by atoms with Crippen LogP contribution in [0.1, 0.15) is 30.4 Å². The number of hydrogen-bond acceptors (Lipinski definition) is 5. The SMILES string of the molecule is CC1CN2C(=NC(c3ccccn3)C2c2cccn2-c2ccc(Cl)cn2)S1. The molecule has 2 aliphatic heterocycles. The first kappa shape index (κ1) is 16.8. The number of halogens is 1. The zero-order chi connectivity index (χ0) is 18.4. The van der Waals surface area contributed by atoms with E-state index in [1.165, 1.54) is 0 Å². The lowest BCUT2D eigenvalue weighted by molar-refractivity contribution is 0.312. The molecule has 0 bridgehead atoms. The van der Waals surface area contributed by atoms with Crippen LogP contribution in [0.15, 0.2) is 66.0 Å².